The highest BCUT2D eigenvalue weighted by Gasteiger charge is 1.96. The fourth-order valence-corrected chi connectivity index (χ4v) is 1.36. The Balaban J connectivity index is 2.93. The molecule has 0 atom stereocenters. The molecule has 0 amide bonds. The van der Waals surface area contributed by atoms with E-state index in [0.717, 1.165) is 11.0 Å². The maximum absolute atomic E-state index is 4.11. The lowest BCUT2D eigenvalue weighted by Crippen LogP contribution is -1.78. The van der Waals surface area contributed by atoms with Gasteiger partial charge in [0.25, 0.3) is 0 Å². The van der Waals surface area contributed by atoms with Crippen molar-refractivity contribution in [3.8, 4) is 0 Å². The molecule has 0 aliphatic rings. The van der Waals surface area contributed by atoms with Crippen LogP contribution in [0.25, 0.3) is 11.0 Å². The van der Waals surface area contributed by atoms with Crippen LogP contribution in [-0.2, 0) is 0 Å². The number of pyridine rings is 1. The van der Waals surface area contributed by atoms with Crippen LogP contribution in [0.4, 0.5) is 0 Å². The van der Waals surface area contributed by atoms with Crippen molar-refractivity contribution in [1.29, 1.82) is 0 Å². The number of nitrogens with zero attached hydrogens (tertiary/aromatic N) is 3. The van der Waals surface area contributed by atoms with Gasteiger partial charge in [0.1, 0.15) is 5.52 Å². The Hall–Kier alpha value is -0.650. The summed E-state index contributed by atoms with van der Waals surface area (Å²) in [6, 6.07) is 3.89. The Morgan fingerprint density at radius 1 is 1.50 bits per heavy atom. The van der Waals surface area contributed by atoms with E-state index in [-0.39, 0.29) is 0 Å². The van der Waals surface area contributed by atoms with Crippen molar-refractivity contribution in [1.82, 2.24) is 13.0 Å². The fourth-order valence-electron chi connectivity index (χ4n) is 0.832. The Morgan fingerprint density at radius 2 is 2.40 bits per heavy atom. The first kappa shape index (κ1) is 6.09. The van der Waals surface area contributed by atoms with Crippen molar-refractivity contribution >= 4 is 33.9 Å². The first-order valence-corrected chi connectivity index (χ1v) is 3.79. The molecule has 0 fully saturated rings. The van der Waals surface area contributed by atoms with Gasteiger partial charge >= 0.3 is 0 Å². The maximum Gasteiger partial charge on any atom is 0.109 e. The molecule has 0 spiro atoms. The van der Waals surface area contributed by atoms with Crippen molar-refractivity contribution in [2.45, 2.75) is 0 Å². The zero-order valence-electron chi connectivity index (χ0n) is 5.03. The highest BCUT2D eigenvalue weighted by molar-refractivity contribution is 14.1. The first-order chi connectivity index (χ1) is 4.88. The Morgan fingerprint density at radius 3 is 3.20 bits per heavy atom. The van der Waals surface area contributed by atoms with Crippen LogP contribution in [0.3, 0.4) is 0 Å². The minimum Gasteiger partial charge on any atom is -0.253 e. The first-order valence-electron chi connectivity index (χ1n) is 2.83. The van der Waals surface area contributed by atoms with Gasteiger partial charge in [-0.2, -0.15) is 5.10 Å². The van der Waals surface area contributed by atoms with E-state index in [1.807, 2.05) is 12.1 Å². The molecule has 0 saturated heterocycles. The molecule has 2 heterocycles. The average molecular weight is 245 g/mol. The average Bonchev–Trinajstić information content (AvgIpc) is 2.34. The number of aromatic nitrogens is 3. The van der Waals surface area contributed by atoms with Gasteiger partial charge in [0, 0.05) is 6.20 Å². The molecule has 0 unspecified atom stereocenters. The van der Waals surface area contributed by atoms with E-state index in [1.54, 1.807) is 15.3 Å². The van der Waals surface area contributed by atoms with Gasteiger partial charge in [-0.3, -0.25) is 4.98 Å². The monoisotopic (exact) mass is 245 g/mol. The van der Waals surface area contributed by atoms with Gasteiger partial charge in [-0.1, -0.05) is 0 Å². The molecule has 4 heteroatoms. The molecule has 50 valence electrons. The molecule has 2 aromatic heterocycles. The summed E-state index contributed by atoms with van der Waals surface area (Å²) in [7, 11) is 0. The third-order valence-electron chi connectivity index (χ3n) is 1.30. The number of hydrogen-bond acceptors (Lipinski definition) is 2. The third-order valence-corrected chi connectivity index (χ3v) is 2.07. The van der Waals surface area contributed by atoms with Crippen molar-refractivity contribution in [2.24, 2.45) is 0 Å². The third kappa shape index (κ3) is 0.792. The van der Waals surface area contributed by atoms with Crippen molar-refractivity contribution in [2.75, 3.05) is 0 Å². The lowest BCUT2D eigenvalue weighted by Gasteiger charge is -1.86. The van der Waals surface area contributed by atoms with Gasteiger partial charge in [-0.15, -0.1) is 0 Å². The second-order valence-electron chi connectivity index (χ2n) is 1.91. The smallest absolute Gasteiger partial charge is 0.109 e. The molecule has 0 saturated carbocycles. The minimum absolute atomic E-state index is 0.942. The van der Waals surface area contributed by atoms with E-state index in [0.29, 0.717) is 0 Å². The number of rotatable bonds is 0. The molecule has 0 bridgehead atoms. The quantitative estimate of drug-likeness (QED) is 0.660. The van der Waals surface area contributed by atoms with E-state index >= 15 is 0 Å². The van der Waals surface area contributed by atoms with E-state index in [4.69, 9.17) is 0 Å². The summed E-state index contributed by atoms with van der Waals surface area (Å²) in [4.78, 5) is 4.11. The summed E-state index contributed by atoms with van der Waals surface area (Å²) in [5.41, 5.74) is 2.00. The van der Waals surface area contributed by atoms with Gasteiger partial charge in [0.15, 0.2) is 0 Å². The molecule has 10 heavy (non-hydrogen) atoms. The zero-order chi connectivity index (χ0) is 6.97. The van der Waals surface area contributed by atoms with Crippen LogP contribution in [-0.4, -0.2) is 13.0 Å². The molecule has 2 rings (SSSR count). The summed E-state index contributed by atoms with van der Waals surface area (Å²) in [6.45, 7) is 0. The highest BCUT2D eigenvalue weighted by Crippen LogP contribution is 2.10. The summed E-state index contributed by atoms with van der Waals surface area (Å²) in [5.74, 6) is 0. The summed E-state index contributed by atoms with van der Waals surface area (Å²) in [6.07, 6.45) is 3.52. The minimum atomic E-state index is 0.942. The van der Waals surface area contributed by atoms with Gasteiger partial charge in [0.2, 0.25) is 0 Å². The van der Waals surface area contributed by atoms with Crippen molar-refractivity contribution in [3.63, 3.8) is 0 Å². The molecular weight excluding hydrogens is 241 g/mol. The Bertz CT molecular complexity index is 355. The normalized spacial score (nSPS) is 10.5. The number of hydrogen-bond donors (Lipinski definition) is 0. The summed E-state index contributed by atoms with van der Waals surface area (Å²) >= 11 is 2.12. The van der Waals surface area contributed by atoms with Crippen LogP contribution in [0.2, 0.25) is 0 Å². The van der Waals surface area contributed by atoms with Gasteiger partial charge < -0.3 is 0 Å². The van der Waals surface area contributed by atoms with Gasteiger partial charge in [-0.25, -0.2) is 2.90 Å². The maximum atomic E-state index is 4.11. The largest absolute Gasteiger partial charge is 0.253 e. The molecule has 0 aromatic carbocycles. The van der Waals surface area contributed by atoms with Crippen LogP contribution in [0.1, 0.15) is 0 Å². The van der Waals surface area contributed by atoms with Crippen LogP contribution in [0.5, 0.6) is 0 Å². The fraction of sp³-hybridized carbons (Fsp3) is 0. The Kier molecular flexibility index (Phi) is 1.33. The van der Waals surface area contributed by atoms with E-state index in [1.165, 1.54) is 0 Å². The van der Waals surface area contributed by atoms with Crippen LogP contribution < -0.4 is 0 Å². The van der Waals surface area contributed by atoms with E-state index in [9.17, 15) is 0 Å². The number of fused-ring (bicyclic) bond motifs is 1. The van der Waals surface area contributed by atoms with Crippen molar-refractivity contribution in [3.05, 3.63) is 24.5 Å². The molecular formula is C6H4IN3. The molecule has 0 radical (unpaired) electrons. The van der Waals surface area contributed by atoms with Crippen LogP contribution >= 0.6 is 22.9 Å². The predicted octanol–water partition coefficient (Wildman–Crippen LogP) is 1.63. The predicted molar refractivity (Wildman–Crippen MR) is 46.9 cm³/mol. The SMILES string of the molecule is In1ncc2ncccc21. The van der Waals surface area contributed by atoms with E-state index < -0.39 is 0 Å². The number of halogens is 1. The lowest BCUT2D eigenvalue weighted by molar-refractivity contribution is 1.09. The molecule has 2 aromatic rings. The summed E-state index contributed by atoms with van der Waals surface area (Å²) in [5, 5.41) is 4.04. The highest BCUT2D eigenvalue weighted by atomic mass is 127. The Labute approximate surface area is 71.6 Å². The standard InChI is InChI=1S/C6H4IN3/c7-10-6-2-1-3-8-5(6)4-9-10/h1-4H. The lowest BCUT2D eigenvalue weighted by atomic mass is 10.4. The summed E-state index contributed by atoms with van der Waals surface area (Å²) < 4.78 is 1.78. The molecule has 0 aliphatic heterocycles. The van der Waals surface area contributed by atoms with Gasteiger partial charge in [0.05, 0.1) is 34.6 Å². The van der Waals surface area contributed by atoms with Crippen LogP contribution in [0, 0.1) is 0 Å². The van der Waals surface area contributed by atoms with Crippen molar-refractivity contribution < 1.29 is 0 Å². The topological polar surface area (TPSA) is 30.7 Å². The van der Waals surface area contributed by atoms with E-state index in [2.05, 4.69) is 32.9 Å². The second kappa shape index (κ2) is 2.19. The molecule has 3 nitrogen and oxygen atoms in total. The second-order valence-corrected chi connectivity index (χ2v) is 2.83. The van der Waals surface area contributed by atoms with Gasteiger partial charge in [-0.05, 0) is 12.1 Å². The van der Waals surface area contributed by atoms with Crippen LogP contribution in [0.15, 0.2) is 24.5 Å². The molecule has 0 N–H and O–H groups in total. The zero-order valence-corrected chi connectivity index (χ0v) is 7.19. The molecule has 0 aliphatic carbocycles.